The molecule has 180 valence electrons. The first-order chi connectivity index (χ1) is 15.2. The van der Waals surface area contributed by atoms with E-state index in [9.17, 15) is 4.39 Å². The van der Waals surface area contributed by atoms with E-state index in [0.717, 1.165) is 69.6 Å². The lowest BCUT2D eigenvalue weighted by Gasteiger charge is -2.33. The zero-order valence-corrected chi connectivity index (χ0v) is 22.0. The summed E-state index contributed by atoms with van der Waals surface area (Å²) in [5, 5.41) is 3.66. The summed E-state index contributed by atoms with van der Waals surface area (Å²) in [6.45, 7) is 9.90. The van der Waals surface area contributed by atoms with E-state index in [4.69, 9.17) is 0 Å². The maximum absolute atomic E-state index is 13.9. The van der Waals surface area contributed by atoms with Gasteiger partial charge in [-0.15, -0.1) is 24.0 Å². The molecule has 4 rings (SSSR count). The number of halogens is 2. The second-order valence-electron chi connectivity index (χ2n) is 9.70. The largest absolute Gasteiger partial charge is 0.356 e. The zero-order valence-electron chi connectivity index (χ0n) is 19.6. The van der Waals surface area contributed by atoms with Gasteiger partial charge < -0.3 is 15.1 Å². The molecule has 0 bridgehead atoms. The van der Waals surface area contributed by atoms with E-state index < -0.39 is 0 Å². The van der Waals surface area contributed by atoms with E-state index in [-0.39, 0.29) is 29.8 Å². The van der Waals surface area contributed by atoms with Gasteiger partial charge in [0, 0.05) is 45.3 Å². The molecule has 1 unspecified atom stereocenters. The van der Waals surface area contributed by atoms with Crippen molar-refractivity contribution in [2.45, 2.75) is 45.1 Å². The first-order valence-corrected chi connectivity index (χ1v) is 12.3. The van der Waals surface area contributed by atoms with Gasteiger partial charge in [-0.2, -0.15) is 0 Å². The molecule has 7 heteroatoms. The van der Waals surface area contributed by atoms with Crippen LogP contribution in [0.5, 0.6) is 0 Å². The van der Waals surface area contributed by atoms with Crippen molar-refractivity contribution in [3.05, 3.63) is 35.6 Å². The second kappa shape index (κ2) is 13.1. The fourth-order valence-electron chi connectivity index (χ4n) is 5.47. The summed E-state index contributed by atoms with van der Waals surface area (Å²) in [7, 11) is 1.91. The van der Waals surface area contributed by atoms with Crippen LogP contribution < -0.4 is 5.32 Å². The summed E-state index contributed by atoms with van der Waals surface area (Å²) < 4.78 is 13.9. The van der Waals surface area contributed by atoms with Crippen LogP contribution >= 0.6 is 24.0 Å². The number of hydrogen-bond donors (Lipinski definition) is 1. The smallest absolute Gasteiger partial charge is 0.193 e. The molecule has 0 spiro atoms. The highest BCUT2D eigenvalue weighted by molar-refractivity contribution is 14.0. The number of nitrogens with zero attached hydrogens (tertiary/aromatic N) is 4. The Balaban J connectivity index is 0.00000289. The van der Waals surface area contributed by atoms with Crippen molar-refractivity contribution >= 4 is 29.9 Å². The molecule has 3 heterocycles. The highest BCUT2D eigenvalue weighted by Crippen LogP contribution is 2.22. The number of benzene rings is 1. The van der Waals surface area contributed by atoms with E-state index >= 15 is 0 Å². The van der Waals surface area contributed by atoms with Gasteiger partial charge >= 0.3 is 0 Å². The normalized spacial score (nSPS) is 23.9. The molecule has 1 atom stereocenters. The summed E-state index contributed by atoms with van der Waals surface area (Å²) >= 11 is 0. The molecule has 1 aromatic carbocycles. The Morgan fingerprint density at radius 2 is 1.69 bits per heavy atom. The first-order valence-electron chi connectivity index (χ1n) is 12.3. The van der Waals surface area contributed by atoms with Crippen LogP contribution in [0, 0.1) is 17.7 Å². The SMILES string of the molecule is CN=C(NCC1CCN(Cc2ccccc2F)CC1)N1CCC(CN2CCCCC2)C1.I. The van der Waals surface area contributed by atoms with Crippen molar-refractivity contribution in [3.63, 3.8) is 0 Å². The van der Waals surface area contributed by atoms with Crippen molar-refractivity contribution in [2.24, 2.45) is 16.8 Å². The molecule has 3 saturated heterocycles. The number of guanidine groups is 1. The average Bonchev–Trinajstić information content (AvgIpc) is 3.26. The van der Waals surface area contributed by atoms with Gasteiger partial charge in [-0.1, -0.05) is 24.6 Å². The number of rotatable bonds is 6. The molecule has 3 aliphatic heterocycles. The summed E-state index contributed by atoms with van der Waals surface area (Å²) in [5.41, 5.74) is 0.813. The van der Waals surface area contributed by atoms with E-state index in [1.807, 2.05) is 19.2 Å². The first kappa shape index (κ1) is 25.7. The Kier molecular flexibility index (Phi) is 10.5. The number of likely N-dealkylation sites (tertiary alicyclic amines) is 3. The van der Waals surface area contributed by atoms with Crippen molar-refractivity contribution in [1.29, 1.82) is 0 Å². The van der Waals surface area contributed by atoms with E-state index in [0.29, 0.717) is 5.92 Å². The predicted octanol–water partition coefficient (Wildman–Crippen LogP) is 4.04. The van der Waals surface area contributed by atoms with Gasteiger partial charge in [0.15, 0.2) is 5.96 Å². The van der Waals surface area contributed by atoms with Crippen molar-refractivity contribution < 1.29 is 4.39 Å². The molecule has 3 fully saturated rings. The van der Waals surface area contributed by atoms with Crippen molar-refractivity contribution in [1.82, 2.24) is 20.0 Å². The average molecular weight is 558 g/mol. The van der Waals surface area contributed by atoms with Gasteiger partial charge in [0.2, 0.25) is 0 Å². The predicted molar refractivity (Wildman–Crippen MR) is 141 cm³/mol. The van der Waals surface area contributed by atoms with Crippen LogP contribution in [0.2, 0.25) is 0 Å². The van der Waals surface area contributed by atoms with E-state index in [1.54, 1.807) is 12.1 Å². The van der Waals surface area contributed by atoms with E-state index in [2.05, 4.69) is 25.0 Å². The Hall–Kier alpha value is -0.930. The van der Waals surface area contributed by atoms with Gasteiger partial charge in [0.25, 0.3) is 0 Å². The van der Waals surface area contributed by atoms with Gasteiger partial charge in [-0.25, -0.2) is 4.39 Å². The summed E-state index contributed by atoms with van der Waals surface area (Å²) in [6.07, 6.45) is 7.77. The minimum absolute atomic E-state index is 0. The Labute approximate surface area is 210 Å². The molecule has 0 aliphatic carbocycles. The van der Waals surface area contributed by atoms with Crippen molar-refractivity contribution in [3.8, 4) is 0 Å². The van der Waals surface area contributed by atoms with E-state index in [1.165, 1.54) is 45.3 Å². The van der Waals surface area contributed by atoms with Crippen LogP contribution in [-0.2, 0) is 6.54 Å². The van der Waals surface area contributed by atoms with Crippen LogP contribution in [-0.4, -0.2) is 80.1 Å². The van der Waals surface area contributed by atoms with Crippen LogP contribution in [0.1, 0.15) is 44.1 Å². The minimum Gasteiger partial charge on any atom is -0.356 e. The van der Waals surface area contributed by atoms with Crippen molar-refractivity contribution in [2.75, 3.05) is 59.4 Å². The third-order valence-corrected chi connectivity index (χ3v) is 7.37. The summed E-state index contributed by atoms with van der Waals surface area (Å²) in [5.74, 6) is 2.44. The quantitative estimate of drug-likeness (QED) is 0.326. The van der Waals surface area contributed by atoms with Crippen LogP contribution in [0.3, 0.4) is 0 Å². The minimum atomic E-state index is -0.0840. The third-order valence-electron chi connectivity index (χ3n) is 7.37. The Morgan fingerprint density at radius 1 is 0.969 bits per heavy atom. The molecule has 3 aliphatic rings. The lowest BCUT2D eigenvalue weighted by molar-refractivity contribution is 0.176. The molecule has 0 aromatic heterocycles. The van der Waals surface area contributed by atoms with Gasteiger partial charge in [0.05, 0.1) is 0 Å². The van der Waals surface area contributed by atoms with Crippen LogP contribution in [0.4, 0.5) is 4.39 Å². The highest BCUT2D eigenvalue weighted by Gasteiger charge is 2.27. The molecule has 32 heavy (non-hydrogen) atoms. The van der Waals surface area contributed by atoms with Crippen LogP contribution in [0.25, 0.3) is 0 Å². The number of nitrogens with one attached hydrogen (secondary N) is 1. The van der Waals surface area contributed by atoms with Gasteiger partial charge in [-0.3, -0.25) is 9.89 Å². The highest BCUT2D eigenvalue weighted by atomic mass is 127. The second-order valence-corrected chi connectivity index (χ2v) is 9.70. The molecule has 5 nitrogen and oxygen atoms in total. The fourth-order valence-corrected chi connectivity index (χ4v) is 5.47. The fraction of sp³-hybridized carbons (Fsp3) is 0.720. The van der Waals surface area contributed by atoms with Gasteiger partial charge in [0.1, 0.15) is 5.82 Å². The molecule has 1 N–H and O–H groups in total. The monoisotopic (exact) mass is 557 g/mol. The number of piperidine rings is 2. The molecule has 1 aromatic rings. The lowest BCUT2D eigenvalue weighted by atomic mass is 9.96. The Morgan fingerprint density at radius 3 is 2.41 bits per heavy atom. The molecular weight excluding hydrogens is 516 g/mol. The number of hydrogen-bond acceptors (Lipinski definition) is 3. The maximum Gasteiger partial charge on any atom is 0.193 e. The third kappa shape index (κ3) is 7.29. The summed E-state index contributed by atoms with van der Waals surface area (Å²) in [4.78, 5) is 12.1. The van der Waals surface area contributed by atoms with Crippen LogP contribution in [0.15, 0.2) is 29.3 Å². The molecule has 0 radical (unpaired) electrons. The topological polar surface area (TPSA) is 34.1 Å². The molecule has 0 saturated carbocycles. The summed E-state index contributed by atoms with van der Waals surface area (Å²) in [6, 6.07) is 7.16. The lowest BCUT2D eigenvalue weighted by Crippen LogP contribution is -2.44. The molecule has 0 amide bonds. The maximum atomic E-state index is 13.9. The van der Waals surface area contributed by atoms with Gasteiger partial charge in [-0.05, 0) is 76.2 Å². The number of aliphatic imine (C=N–C) groups is 1. The molecular formula is C25H41FIN5. The standard InChI is InChI=1S/C25H40FN5.HI/c1-27-25(31-16-11-22(19-31)18-29-12-5-2-6-13-29)28-17-21-9-14-30(15-10-21)20-23-7-3-4-8-24(23)26;/h3-4,7-8,21-22H,2,5-6,9-20H2,1H3,(H,27,28);1H. The Bertz CT molecular complexity index is 716. The zero-order chi connectivity index (χ0) is 21.5.